The monoisotopic (exact) mass is 391 g/mol. The topological polar surface area (TPSA) is 106 Å². The lowest BCUT2D eigenvalue weighted by atomic mass is 10.2. The van der Waals surface area contributed by atoms with Crippen LogP contribution in [0, 0.1) is 0 Å². The van der Waals surface area contributed by atoms with Gasteiger partial charge in [-0.25, -0.2) is 4.98 Å². The summed E-state index contributed by atoms with van der Waals surface area (Å²) in [6.07, 6.45) is -4.31. The van der Waals surface area contributed by atoms with Gasteiger partial charge < -0.3 is 20.9 Å². The Kier molecular flexibility index (Phi) is 5.32. The van der Waals surface area contributed by atoms with Crippen LogP contribution in [0.3, 0.4) is 0 Å². The molecule has 0 saturated carbocycles. The number of alkyl halides is 3. The zero-order chi connectivity index (χ0) is 20.3. The number of nitrogens with one attached hydrogen (secondary N) is 1. The third kappa shape index (κ3) is 4.86. The first kappa shape index (κ1) is 19.4. The molecule has 0 amide bonds. The smallest absolute Gasteiger partial charge is 0.433 e. The number of ether oxygens (including phenoxy) is 1. The normalized spacial score (nSPS) is 12.5. The first-order chi connectivity index (χ1) is 13.2. The van der Waals surface area contributed by atoms with Gasteiger partial charge in [0.25, 0.3) is 0 Å². The van der Waals surface area contributed by atoms with Crippen molar-refractivity contribution in [3.8, 4) is 11.5 Å². The number of hydrogen-bond donors (Lipinski definition) is 3. The number of nitrogens with two attached hydrogens (primary N) is 1. The maximum absolute atomic E-state index is 12.7. The number of halogens is 3. The fraction of sp³-hybridized carbons (Fsp3) is 0.167. The van der Waals surface area contributed by atoms with E-state index in [0.29, 0.717) is 22.9 Å². The van der Waals surface area contributed by atoms with E-state index in [4.69, 9.17) is 10.5 Å². The van der Waals surface area contributed by atoms with E-state index in [9.17, 15) is 18.3 Å². The van der Waals surface area contributed by atoms with Crippen LogP contribution in [-0.2, 0) is 6.18 Å². The minimum atomic E-state index is -4.54. The number of aliphatic hydroxyl groups excluding tert-OH is 1. The number of pyridine rings is 1. The summed E-state index contributed by atoms with van der Waals surface area (Å²) in [5.74, 6) is 0.768. The maximum atomic E-state index is 12.7. The Labute approximate surface area is 158 Å². The third-order valence-corrected chi connectivity index (χ3v) is 3.58. The van der Waals surface area contributed by atoms with E-state index >= 15 is 0 Å². The number of anilines is 3. The summed E-state index contributed by atoms with van der Waals surface area (Å²) in [6.45, 7) is 1.56. The molecule has 1 aromatic carbocycles. The van der Waals surface area contributed by atoms with Crippen LogP contribution in [0.2, 0.25) is 0 Å². The van der Waals surface area contributed by atoms with Crippen LogP contribution in [0.4, 0.5) is 30.6 Å². The summed E-state index contributed by atoms with van der Waals surface area (Å²) in [6, 6.07) is 10.2. The summed E-state index contributed by atoms with van der Waals surface area (Å²) in [5, 5.41) is 12.6. The van der Waals surface area contributed by atoms with Gasteiger partial charge in [0.15, 0.2) is 0 Å². The van der Waals surface area contributed by atoms with Crippen molar-refractivity contribution >= 4 is 17.5 Å². The first-order valence-electron chi connectivity index (χ1n) is 8.11. The van der Waals surface area contributed by atoms with Crippen LogP contribution in [0.15, 0.2) is 48.7 Å². The molecule has 0 spiro atoms. The Bertz CT molecular complexity index is 962. The van der Waals surface area contributed by atoms with Gasteiger partial charge in [0.2, 0.25) is 5.95 Å². The summed E-state index contributed by atoms with van der Waals surface area (Å²) in [4.78, 5) is 11.3. The number of nitrogens with zero attached hydrogens (tertiary/aromatic N) is 3. The Morgan fingerprint density at radius 2 is 1.79 bits per heavy atom. The molecule has 0 aliphatic heterocycles. The summed E-state index contributed by atoms with van der Waals surface area (Å²) < 4.78 is 43.6. The van der Waals surface area contributed by atoms with Gasteiger partial charge >= 0.3 is 6.18 Å². The molecule has 4 N–H and O–H groups in total. The molecule has 3 aromatic rings. The Morgan fingerprint density at radius 3 is 2.43 bits per heavy atom. The van der Waals surface area contributed by atoms with Crippen LogP contribution >= 0.6 is 0 Å². The van der Waals surface area contributed by atoms with Crippen LogP contribution in [0.1, 0.15) is 24.4 Å². The number of aromatic nitrogens is 3. The number of benzene rings is 1. The highest BCUT2D eigenvalue weighted by Gasteiger charge is 2.32. The zero-order valence-electron chi connectivity index (χ0n) is 14.6. The second-order valence-electron chi connectivity index (χ2n) is 5.84. The van der Waals surface area contributed by atoms with Crippen molar-refractivity contribution in [1.29, 1.82) is 0 Å². The molecule has 2 heterocycles. The van der Waals surface area contributed by atoms with Crippen molar-refractivity contribution in [1.82, 2.24) is 15.0 Å². The Balaban J connectivity index is 1.72. The molecule has 7 nitrogen and oxygen atoms in total. The molecule has 1 unspecified atom stereocenters. The zero-order valence-corrected chi connectivity index (χ0v) is 14.6. The van der Waals surface area contributed by atoms with Crippen molar-refractivity contribution in [2.45, 2.75) is 19.2 Å². The highest BCUT2D eigenvalue weighted by molar-refractivity contribution is 5.58. The van der Waals surface area contributed by atoms with Gasteiger partial charge in [0.05, 0.1) is 11.8 Å². The number of hydrogen-bond acceptors (Lipinski definition) is 7. The van der Waals surface area contributed by atoms with E-state index in [1.165, 1.54) is 6.07 Å². The van der Waals surface area contributed by atoms with Crippen molar-refractivity contribution in [2.24, 2.45) is 0 Å². The Hall–Kier alpha value is -3.40. The maximum Gasteiger partial charge on any atom is 0.433 e. The molecule has 0 aliphatic carbocycles. The highest BCUT2D eigenvalue weighted by atomic mass is 19.4. The molecule has 1 atom stereocenters. The predicted octanol–water partition coefficient (Wildman–Crippen LogP) is 4.06. The minimum Gasteiger partial charge on any atom is -0.457 e. The van der Waals surface area contributed by atoms with Gasteiger partial charge in [0.1, 0.15) is 23.0 Å². The van der Waals surface area contributed by atoms with E-state index in [1.54, 1.807) is 37.3 Å². The van der Waals surface area contributed by atoms with E-state index < -0.39 is 18.0 Å². The predicted molar refractivity (Wildman–Crippen MR) is 96.1 cm³/mol. The van der Waals surface area contributed by atoms with Crippen LogP contribution in [0.5, 0.6) is 11.5 Å². The van der Waals surface area contributed by atoms with Gasteiger partial charge in [0, 0.05) is 24.0 Å². The summed E-state index contributed by atoms with van der Waals surface area (Å²) in [5.41, 5.74) is 5.60. The molecular weight excluding hydrogens is 375 g/mol. The van der Waals surface area contributed by atoms with Gasteiger partial charge in [-0.2, -0.15) is 18.2 Å². The third-order valence-electron chi connectivity index (χ3n) is 3.58. The molecule has 0 radical (unpaired) electrons. The van der Waals surface area contributed by atoms with Crippen molar-refractivity contribution < 1.29 is 23.0 Å². The average Bonchev–Trinajstić information content (AvgIpc) is 2.62. The summed E-state index contributed by atoms with van der Waals surface area (Å²) >= 11 is 0. The van der Waals surface area contributed by atoms with E-state index in [1.807, 2.05) is 0 Å². The molecule has 0 saturated heterocycles. The first-order valence-corrected chi connectivity index (χ1v) is 8.11. The van der Waals surface area contributed by atoms with E-state index in [-0.39, 0.29) is 11.7 Å². The molecule has 146 valence electrons. The molecule has 10 heteroatoms. The second kappa shape index (κ2) is 7.69. The molecule has 0 aliphatic rings. The molecule has 3 rings (SSSR count). The summed E-state index contributed by atoms with van der Waals surface area (Å²) in [7, 11) is 0. The van der Waals surface area contributed by atoms with E-state index in [2.05, 4.69) is 20.3 Å². The fourth-order valence-corrected chi connectivity index (χ4v) is 2.28. The molecule has 0 bridgehead atoms. The van der Waals surface area contributed by atoms with Crippen molar-refractivity contribution in [2.75, 3.05) is 11.1 Å². The SMILES string of the molecule is CC(O)c1cc(Nc2ccc(Oc3ccnc(C(F)(F)F)c3)cc2)nc(N)n1. The van der Waals surface area contributed by atoms with Gasteiger partial charge in [-0.3, -0.25) is 4.98 Å². The number of nitrogen functional groups attached to an aromatic ring is 1. The van der Waals surface area contributed by atoms with Gasteiger partial charge in [-0.1, -0.05) is 0 Å². The minimum absolute atomic E-state index is 0.0130. The van der Waals surface area contributed by atoms with Crippen LogP contribution in [0.25, 0.3) is 0 Å². The highest BCUT2D eigenvalue weighted by Crippen LogP contribution is 2.31. The lowest BCUT2D eigenvalue weighted by molar-refractivity contribution is -0.141. The fourth-order valence-electron chi connectivity index (χ4n) is 2.28. The van der Waals surface area contributed by atoms with Crippen molar-refractivity contribution in [3.05, 3.63) is 60.0 Å². The largest absolute Gasteiger partial charge is 0.457 e. The average molecular weight is 391 g/mol. The van der Waals surface area contributed by atoms with Gasteiger partial charge in [-0.05, 0) is 37.3 Å². The number of rotatable bonds is 5. The molecule has 28 heavy (non-hydrogen) atoms. The molecular formula is C18H16F3N5O2. The van der Waals surface area contributed by atoms with E-state index in [0.717, 1.165) is 12.3 Å². The lowest BCUT2D eigenvalue weighted by Crippen LogP contribution is -2.07. The standard InChI is InChI=1S/C18H16F3N5O2/c1-10(27)14-9-16(26-17(22)25-14)24-11-2-4-12(5-3-11)28-13-6-7-23-15(8-13)18(19,20)21/h2-10,27H,1H3,(H3,22,24,25,26). The van der Waals surface area contributed by atoms with Crippen LogP contribution < -0.4 is 15.8 Å². The molecule has 0 fully saturated rings. The molecule has 2 aromatic heterocycles. The van der Waals surface area contributed by atoms with Crippen molar-refractivity contribution in [3.63, 3.8) is 0 Å². The number of aliphatic hydroxyl groups is 1. The lowest BCUT2D eigenvalue weighted by Gasteiger charge is -2.11. The second-order valence-corrected chi connectivity index (χ2v) is 5.84. The van der Waals surface area contributed by atoms with Crippen LogP contribution in [-0.4, -0.2) is 20.1 Å². The van der Waals surface area contributed by atoms with Gasteiger partial charge in [-0.15, -0.1) is 0 Å². The Morgan fingerprint density at radius 1 is 1.07 bits per heavy atom. The quantitative estimate of drug-likeness (QED) is 0.602.